The molecule has 0 saturated heterocycles. The van der Waals surface area contributed by atoms with E-state index in [0.717, 1.165) is 0 Å². The van der Waals surface area contributed by atoms with Crippen LogP contribution in [0.5, 0.6) is 0 Å². The Balaban J connectivity index is 0.000000230. The minimum absolute atomic E-state index is 0.277. The van der Waals surface area contributed by atoms with E-state index < -0.39 is 35.8 Å². The maximum Gasteiger partial charge on any atom is 0.413 e. The van der Waals surface area contributed by atoms with Crippen LogP contribution in [-0.4, -0.2) is 60.6 Å². The van der Waals surface area contributed by atoms with Crippen molar-refractivity contribution in [1.82, 2.24) is 19.9 Å². The van der Waals surface area contributed by atoms with E-state index in [1.54, 1.807) is 0 Å². The van der Waals surface area contributed by atoms with Crippen LogP contribution < -0.4 is 17.0 Å². The number of hydrogen-bond acceptors (Lipinski definition) is 7. The standard InChI is InChI=1S/C5H4N4O2.C5H7N3O4/c10-4-2-3(7-1-6-2)8-5(11)9-4;6-3(5(10)11)2-12-4(9)1-8-7/h1H,(H3,6,7,8,9,10,11);1,3H,2,6H2,(H,10,11)/t;3-/m.0/s1. The van der Waals surface area contributed by atoms with Gasteiger partial charge in [-0.25, -0.2) is 14.6 Å². The number of fused-ring (bicyclic) bond motifs is 1. The molecular weight excluding hydrogens is 314 g/mol. The first kappa shape index (κ1) is 17.5. The van der Waals surface area contributed by atoms with Gasteiger partial charge in [-0.1, -0.05) is 0 Å². The molecule has 2 aromatic rings. The highest BCUT2D eigenvalue weighted by Gasteiger charge is 2.14. The predicted octanol–water partition coefficient (Wildman–Crippen LogP) is -2.82. The number of carboxylic acids is 1. The van der Waals surface area contributed by atoms with Crippen LogP contribution in [0.3, 0.4) is 0 Å². The normalized spacial score (nSPS) is 10.8. The monoisotopic (exact) mass is 325 g/mol. The van der Waals surface area contributed by atoms with E-state index >= 15 is 0 Å². The Morgan fingerprint density at radius 1 is 1.48 bits per heavy atom. The van der Waals surface area contributed by atoms with Crippen LogP contribution in [-0.2, 0) is 14.3 Å². The number of carbonyl (C=O) groups excluding carboxylic acids is 1. The second kappa shape index (κ2) is 8.02. The van der Waals surface area contributed by atoms with Crippen molar-refractivity contribution in [2.75, 3.05) is 6.61 Å². The van der Waals surface area contributed by atoms with Gasteiger partial charge in [0.1, 0.15) is 18.2 Å². The third kappa shape index (κ3) is 5.37. The van der Waals surface area contributed by atoms with Gasteiger partial charge in [-0.3, -0.25) is 19.6 Å². The molecule has 0 aliphatic heterocycles. The van der Waals surface area contributed by atoms with Crippen molar-refractivity contribution in [3.8, 4) is 0 Å². The van der Waals surface area contributed by atoms with Gasteiger partial charge in [0, 0.05) is 0 Å². The number of aliphatic carboxylic acids is 1. The van der Waals surface area contributed by atoms with Crippen molar-refractivity contribution in [3.63, 3.8) is 0 Å². The number of rotatable bonds is 4. The number of carbonyl (C=O) groups is 2. The summed E-state index contributed by atoms with van der Waals surface area (Å²) in [4.78, 5) is 55.1. The smallest absolute Gasteiger partial charge is 0.413 e. The Bertz CT molecular complexity index is 858. The largest absolute Gasteiger partial charge is 0.480 e. The van der Waals surface area contributed by atoms with Crippen LogP contribution in [0.15, 0.2) is 15.9 Å². The number of aromatic amines is 3. The van der Waals surface area contributed by atoms with Gasteiger partial charge in [-0.05, 0) is 0 Å². The van der Waals surface area contributed by atoms with Crippen LogP contribution in [0.25, 0.3) is 16.7 Å². The lowest BCUT2D eigenvalue weighted by Crippen LogP contribution is -2.35. The van der Waals surface area contributed by atoms with E-state index in [4.69, 9.17) is 16.4 Å². The van der Waals surface area contributed by atoms with Gasteiger partial charge in [0.25, 0.3) is 5.56 Å². The molecule has 2 rings (SSSR count). The van der Waals surface area contributed by atoms with Crippen molar-refractivity contribution in [2.45, 2.75) is 6.04 Å². The minimum atomic E-state index is -1.27. The zero-order valence-electron chi connectivity index (χ0n) is 11.3. The number of esters is 1. The van der Waals surface area contributed by atoms with Crippen LogP contribution in [0.1, 0.15) is 0 Å². The fourth-order valence-electron chi connectivity index (χ4n) is 1.19. The molecule has 6 N–H and O–H groups in total. The van der Waals surface area contributed by atoms with Crippen molar-refractivity contribution in [2.24, 2.45) is 5.73 Å². The van der Waals surface area contributed by atoms with Crippen molar-refractivity contribution in [3.05, 3.63) is 32.7 Å². The summed E-state index contributed by atoms with van der Waals surface area (Å²) in [5.41, 5.74) is 12.4. The van der Waals surface area contributed by atoms with Gasteiger partial charge < -0.3 is 26.1 Å². The number of hydrogen-bond donors (Lipinski definition) is 5. The molecule has 2 aromatic heterocycles. The lowest BCUT2D eigenvalue weighted by Gasteiger charge is -2.03. The number of ether oxygens (including phenoxy) is 1. The summed E-state index contributed by atoms with van der Waals surface area (Å²) in [5.74, 6) is -2.22. The summed E-state index contributed by atoms with van der Waals surface area (Å²) >= 11 is 0. The molecule has 13 heteroatoms. The van der Waals surface area contributed by atoms with Gasteiger partial charge >= 0.3 is 23.8 Å². The van der Waals surface area contributed by atoms with E-state index in [0.29, 0.717) is 6.21 Å². The zero-order valence-corrected chi connectivity index (χ0v) is 11.3. The number of carboxylic acid groups (broad SMARTS) is 1. The SMILES string of the molecule is O=c1[nH]c(=O)c2[nH]cnc2[nH]1.[N-]=[N+]=CC(=O)OC[C@H](N)C(=O)O. The average Bonchev–Trinajstić information content (AvgIpc) is 2.94. The first-order valence-corrected chi connectivity index (χ1v) is 5.83. The molecule has 0 radical (unpaired) electrons. The van der Waals surface area contributed by atoms with Gasteiger partial charge in [-0.2, -0.15) is 4.79 Å². The highest BCUT2D eigenvalue weighted by Crippen LogP contribution is 1.92. The molecule has 0 spiro atoms. The van der Waals surface area contributed by atoms with E-state index in [2.05, 4.69) is 29.5 Å². The molecule has 0 fully saturated rings. The van der Waals surface area contributed by atoms with E-state index in [1.165, 1.54) is 6.33 Å². The molecule has 0 aromatic carbocycles. The first-order chi connectivity index (χ1) is 10.8. The third-order valence-corrected chi connectivity index (χ3v) is 2.21. The fourth-order valence-corrected chi connectivity index (χ4v) is 1.19. The van der Waals surface area contributed by atoms with Crippen LogP contribution in [0.2, 0.25) is 0 Å². The summed E-state index contributed by atoms with van der Waals surface area (Å²) < 4.78 is 4.25. The van der Waals surface area contributed by atoms with E-state index in [-0.39, 0.29) is 11.2 Å². The molecule has 23 heavy (non-hydrogen) atoms. The number of H-pyrrole nitrogens is 3. The summed E-state index contributed by atoms with van der Waals surface area (Å²) in [6.07, 6.45) is 1.84. The van der Waals surface area contributed by atoms with Gasteiger partial charge in [-0.15, -0.1) is 0 Å². The van der Waals surface area contributed by atoms with Crippen molar-refractivity contribution < 1.29 is 24.2 Å². The highest BCUT2D eigenvalue weighted by atomic mass is 16.5. The molecule has 0 unspecified atom stereocenters. The molecular formula is C10H11N7O6. The number of nitrogens with one attached hydrogen (secondary N) is 3. The topological polar surface area (TPSA) is 220 Å². The lowest BCUT2D eigenvalue weighted by atomic mass is 10.3. The number of aromatic nitrogens is 4. The van der Waals surface area contributed by atoms with Gasteiger partial charge in [0.15, 0.2) is 5.65 Å². The van der Waals surface area contributed by atoms with E-state index in [1.807, 2.05) is 0 Å². The Kier molecular flexibility index (Phi) is 6.09. The molecule has 0 amide bonds. The summed E-state index contributed by atoms with van der Waals surface area (Å²) in [5, 5.41) is 8.23. The first-order valence-electron chi connectivity index (χ1n) is 5.83. The molecule has 0 saturated carbocycles. The molecule has 0 aliphatic rings. The van der Waals surface area contributed by atoms with Crippen molar-refractivity contribution >= 4 is 29.3 Å². The minimum Gasteiger partial charge on any atom is -0.480 e. The Morgan fingerprint density at radius 2 is 2.17 bits per heavy atom. The van der Waals surface area contributed by atoms with Gasteiger partial charge in [0.2, 0.25) is 0 Å². The lowest BCUT2D eigenvalue weighted by molar-refractivity contribution is -0.144. The summed E-state index contributed by atoms with van der Waals surface area (Å²) in [6, 6.07) is -1.26. The fraction of sp³-hybridized carbons (Fsp3) is 0.200. The maximum absolute atomic E-state index is 10.9. The van der Waals surface area contributed by atoms with Crippen LogP contribution in [0, 0.1) is 0 Å². The Labute approximate surface area is 125 Å². The van der Waals surface area contributed by atoms with Gasteiger partial charge in [0.05, 0.1) is 6.33 Å². The highest BCUT2D eigenvalue weighted by molar-refractivity contribution is 6.20. The molecule has 0 aliphatic carbocycles. The van der Waals surface area contributed by atoms with Crippen LogP contribution >= 0.6 is 0 Å². The zero-order chi connectivity index (χ0) is 17.4. The average molecular weight is 325 g/mol. The number of nitrogens with two attached hydrogens (primary N) is 1. The molecule has 122 valence electrons. The molecule has 0 bridgehead atoms. The predicted molar refractivity (Wildman–Crippen MR) is 73.6 cm³/mol. The quantitative estimate of drug-likeness (QED) is 0.170. The Hall–Kier alpha value is -3.57. The number of imidazole rings is 1. The Morgan fingerprint density at radius 3 is 2.78 bits per heavy atom. The van der Waals surface area contributed by atoms with Crippen LogP contribution in [0.4, 0.5) is 0 Å². The molecule has 13 nitrogen and oxygen atoms in total. The second-order valence-electron chi connectivity index (χ2n) is 3.85. The number of nitrogens with zero attached hydrogens (tertiary/aromatic N) is 3. The molecule has 2 heterocycles. The molecule has 1 atom stereocenters. The third-order valence-electron chi connectivity index (χ3n) is 2.21. The summed E-state index contributed by atoms with van der Waals surface area (Å²) in [6.45, 7) is -0.458. The summed E-state index contributed by atoms with van der Waals surface area (Å²) in [7, 11) is 0. The van der Waals surface area contributed by atoms with E-state index in [9.17, 15) is 19.2 Å². The second-order valence-corrected chi connectivity index (χ2v) is 3.85. The van der Waals surface area contributed by atoms with Crippen molar-refractivity contribution in [1.29, 1.82) is 0 Å². The maximum atomic E-state index is 10.9.